The molecule has 0 aromatic heterocycles. The van der Waals surface area contributed by atoms with Gasteiger partial charge in [-0.2, -0.15) is 0 Å². The molecule has 1 aromatic rings. The maximum absolute atomic E-state index is 11.9. The van der Waals surface area contributed by atoms with Gasteiger partial charge in [-0.05, 0) is 38.1 Å². The van der Waals surface area contributed by atoms with Crippen molar-refractivity contribution in [1.82, 2.24) is 5.32 Å². The summed E-state index contributed by atoms with van der Waals surface area (Å²) in [7, 11) is -3.09. The first-order valence-electron chi connectivity index (χ1n) is 6.14. The molecule has 1 aromatic carbocycles. The second-order valence-corrected chi connectivity index (χ2v) is 6.76. The van der Waals surface area contributed by atoms with E-state index in [1.54, 1.807) is 19.1 Å². The second kappa shape index (κ2) is 6.56. The van der Waals surface area contributed by atoms with Crippen LogP contribution >= 0.6 is 0 Å². The van der Waals surface area contributed by atoms with E-state index in [-0.39, 0.29) is 11.7 Å². The Hall–Kier alpha value is -1.56. The lowest BCUT2D eigenvalue weighted by atomic mass is 10.2. The predicted molar refractivity (Wildman–Crippen MR) is 77.2 cm³/mol. The van der Waals surface area contributed by atoms with Crippen LogP contribution in [-0.2, 0) is 9.84 Å². The van der Waals surface area contributed by atoms with Crippen LogP contribution in [0.5, 0.6) is 0 Å². The average molecular weight is 284 g/mol. The zero-order valence-corrected chi connectivity index (χ0v) is 12.3. The van der Waals surface area contributed by atoms with Gasteiger partial charge in [0.2, 0.25) is 0 Å². The molecule has 1 unspecified atom stereocenters. The summed E-state index contributed by atoms with van der Waals surface area (Å²) in [5.41, 5.74) is 1.46. The van der Waals surface area contributed by atoms with Crippen molar-refractivity contribution in [3.8, 4) is 0 Å². The van der Waals surface area contributed by atoms with Gasteiger partial charge in [-0.25, -0.2) is 8.42 Å². The van der Waals surface area contributed by atoms with E-state index in [0.29, 0.717) is 5.56 Å². The highest BCUT2D eigenvalue weighted by Gasteiger charge is 2.14. The summed E-state index contributed by atoms with van der Waals surface area (Å²) >= 11 is 0. The predicted octanol–water partition coefficient (Wildman–Crippen LogP) is 1.28. The highest BCUT2D eigenvalue weighted by Crippen LogP contribution is 2.09. The molecule has 0 fully saturated rings. The first-order valence-corrected chi connectivity index (χ1v) is 8.20. The maximum Gasteiger partial charge on any atom is 0.251 e. The normalized spacial score (nSPS) is 12.8. The lowest BCUT2D eigenvalue weighted by Gasteiger charge is -2.13. The zero-order chi connectivity index (χ0) is 14.5. The van der Waals surface area contributed by atoms with Gasteiger partial charge >= 0.3 is 0 Å². The van der Waals surface area contributed by atoms with Crippen molar-refractivity contribution in [2.75, 3.05) is 23.9 Å². The van der Waals surface area contributed by atoms with Crippen LogP contribution in [0.25, 0.3) is 0 Å². The molecule has 1 rings (SSSR count). The molecule has 0 heterocycles. The molecule has 5 nitrogen and oxygen atoms in total. The smallest absolute Gasteiger partial charge is 0.251 e. The number of sulfone groups is 1. The van der Waals surface area contributed by atoms with Crippen LogP contribution in [0.2, 0.25) is 0 Å². The van der Waals surface area contributed by atoms with Gasteiger partial charge in [0, 0.05) is 30.1 Å². The molecule has 0 radical (unpaired) electrons. The van der Waals surface area contributed by atoms with E-state index in [1.807, 2.05) is 19.1 Å². The third-order valence-electron chi connectivity index (χ3n) is 2.46. The summed E-state index contributed by atoms with van der Waals surface area (Å²) in [5, 5.41) is 5.80. The number of amides is 1. The van der Waals surface area contributed by atoms with Crippen LogP contribution in [0.15, 0.2) is 24.3 Å². The van der Waals surface area contributed by atoms with Crippen LogP contribution in [0.4, 0.5) is 5.69 Å². The third kappa shape index (κ3) is 5.74. The van der Waals surface area contributed by atoms with E-state index in [0.717, 1.165) is 18.5 Å². The van der Waals surface area contributed by atoms with Gasteiger partial charge in [0.25, 0.3) is 5.91 Å². The molecule has 0 spiro atoms. The lowest BCUT2D eigenvalue weighted by Crippen LogP contribution is -2.37. The van der Waals surface area contributed by atoms with Crippen molar-refractivity contribution in [3.05, 3.63) is 29.8 Å². The number of nitrogens with one attached hydrogen (secondary N) is 2. The molecule has 0 aliphatic carbocycles. The number of carbonyl (C=O) groups is 1. The third-order valence-corrected chi connectivity index (χ3v) is 3.56. The molecule has 19 heavy (non-hydrogen) atoms. The van der Waals surface area contributed by atoms with E-state index in [2.05, 4.69) is 10.6 Å². The summed E-state index contributed by atoms with van der Waals surface area (Å²) in [4.78, 5) is 11.9. The minimum atomic E-state index is -3.09. The Bertz CT molecular complexity index is 523. The molecule has 0 aliphatic rings. The van der Waals surface area contributed by atoms with E-state index >= 15 is 0 Å². The van der Waals surface area contributed by atoms with Crippen molar-refractivity contribution in [1.29, 1.82) is 0 Å². The van der Waals surface area contributed by atoms with Crippen molar-refractivity contribution >= 4 is 21.4 Å². The first-order chi connectivity index (χ1) is 8.81. The van der Waals surface area contributed by atoms with E-state index < -0.39 is 15.9 Å². The van der Waals surface area contributed by atoms with Crippen molar-refractivity contribution in [2.24, 2.45) is 0 Å². The minimum absolute atomic E-state index is 0.0613. The Kier molecular flexibility index (Phi) is 5.35. The van der Waals surface area contributed by atoms with Gasteiger partial charge in [-0.15, -0.1) is 0 Å². The van der Waals surface area contributed by atoms with Crippen molar-refractivity contribution in [2.45, 2.75) is 19.9 Å². The fourth-order valence-electron chi connectivity index (χ4n) is 1.75. The second-order valence-electron chi connectivity index (χ2n) is 4.57. The quantitative estimate of drug-likeness (QED) is 0.825. The number of hydrogen-bond donors (Lipinski definition) is 2. The van der Waals surface area contributed by atoms with Gasteiger partial charge in [-0.3, -0.25) is 4.79 Å². The standard InChI is InChI=1S/C13H20N2O3S/c1-4-14-12-7-5-11(6-8-12)13(16)15-10(2)9-19(3,17)18/h5-8,10,14H,4,9H2,1-3H3,(H,15,16). The Morgan fingerprint density at radius 2 is 1.84 bits per heavy atom. The molecular formula is C13H20N2O3S. The van der Waals surface area contributed by atoms with Crippen molar-refractivity contribution < 1.29 is 13.2 Å². The number of hydrogen-bond acceptors (Lipinski definition) is 4. The lowest BCUT2D eigenvalue weighted by molar-refractivity contribution is 0.0943. The van der Waals surface area contributed by atoms with Crippen molar-refractivity contribution in [3.63, 3.8) is 0 Å². The SMILES string of the molecule is CCNc1ccc(C(=O)NC(C)CS(C)(=O)=O)cc1. The molecule has 2 N–H and O–H groups in total. The Balaban J connectivity index is 2.63. The minimum Gasteiger partial charge on any atom is -0.385 e. The molecular weight excluding hydrogens is 264 g/mol. The number of rotatable bonds is 6. The molecule has 0 bridgehead atoms. The number of benzene rings is 1. The van der Waals surface area contributed by atoms with Crippen LogP contribution in [0.3, 0.4) is 0 Å². The largest absolute Gasteiger partial charge is 0.385 e. The van der Waals surface area contributed by atoms with Gasteiger partial charge in [0.05, 0.1) is 5.75 Å². The first kappa shape index (κ1) is 15.5. The molecule has 0 aliphatic heterocycles. The van der Waals surface area contributed by atoms with E-state index in [1.165, 1.54) is 0 Å². The molecule has 1 amide bonds. The molecule has 1 atom stereocenters. The van der Waals surface area contributed by atoms with Crippen LogP contribution in [0, 0.1) is 0 Å². The average Bonchev–Trinajstić information content (AvgIpc) is 2.27. The molecule has 106 valence electrons. The van der Waals surface area contributed by atoms with Crippen LogP contribution in [-0.4, -0.2) is 38.9 Å². The summed E-state index contributed by atoms with van der Waals surface area (Å²) in [5.74, 6) is -0.326. The van der Waals surface area contributed by atoms with Gasteiger partial charge < -0.3 is 10.6 Å². The molecule has 0 saturated heterocycles. The fraction of sp³-hybridized carbons (Fsp3) is 0.462. The monoisotopic (exact) mass is 284 g/mol. The Morgan fingerprint density at radius 1 is 1.26 bits per heavy atom. The molecule has 0 saturated carbocycles. The highest BCUT2D eigenvalue weighted by molar-refractivity contribution is 7.90. The van der Waals surface area contributed by atoms with E-state index in [9.17, 15) is 13.2 Å². The van der Waals surface area contributed by atoms with E-state index in [4.69, 9.17) is 0 Å². The zero-order valence-electron chi connectivity index (χ0n) is 11.4. The van der Waals surface area contributed by atoms with Gasteiger partial charge in [0.1, 0.15) is 9.84 Å². The Morgan fingerprint density at radius 3 is 2.32 bits per heavy atom. The van der Waals surface area contributed by atoms with Crippen LogP contribution in [0.1, 0.15) is 24.2 Å². The Labute approximate surface area is 114 Å². The topological polar surface area (TPSA) is 75.3 Å². The molecule has 6 heteroatoms. The highest BCUT2D eigenvalue weighted by atomic mass is 32.2. The van der Waals surface area contributed by atoms with Gasteiger partial charge in [-0.1, -0.05) is 0 Å². The fourth-order valence-corrected chi connectivity index (χ4v) is 2.74. The maximum atomic E-state index is 11.9. The number of carbonyl (C=O) groups excluding carboxylic acids is 1. The summed E-state index contributed by atoms with van der Waals surface area (Å²) in [6.45, 7) is 4.48. The summed E-state index contributed by atoms with van der Waals surface area (Å²) in [6, 6.07) is 6.65. The summed E-state index contributed by atoms with van der Waals surface area (Å²) in [6.07, 6.45) is 1.15. The number of anilines is 1. The van der Waals surface area contributed by atoms with Crippen LogP contribution < -0.4 is 10.6 Å². The summed E-state index contributed by atoms with van der Waals surface area (Å²) < 4.78 is 22.2. The van der Waals surface area contributed by atoms with Gasteiger partial charge in [0.15, 0.2) is 0 Å².